The van der Waals surface area contributed by atoms with Crippen molar-refractivity contribution in [2.45, 2.75) is 40.0 Å². The fourth-order valence-electron chi connectivity index (χ4n) is 2.95. The van der Waals surface area contributed by atoms with E-state index in [9.17, 15) is 13.2 Å². The first-order valence-corrected chi connectivity index (χ1v) is 9.89. The smallest absolute Gasteiger partial charge is 0.255 e. The highest BCUT2D eigenvalue weighted by Gasteiger charge is 2.27. The minimum atomic E-state index is -3.20. The van der Waals surface area contributed by atoms with Crippen LogP contribution in [0.15, 0.2) is 6.07 Å². The molecule has 1 amide bonds. The Morgan fingerprint density at radius 3 is 2.57 bits per heavy atom. The van der Waals surface area contributed by atoms with E-state index in [0.717, 1.165) is 17.8 Å². The van der Waals surface area contributed by atoms with Crippen molar-refractivity contribution >= 4 is 15.9 Å². The molecule has 0 spiro atoms. The van der Waals surface area contributed by atoms with Crippen LogP contribution >= 0.6 is 0 Å². The molecule has 2 rings (SSSR count). The van der Waals surface area contributed by atoms with Gasteiger partial charge in [0.05, 0.1) is 11.3 Å². The molecule has 2 heterocycles. The Morgan fingerprint density at radius 2 is 1.96 bits per heavy atom. The fraction of sp³-hybridized carbons (Fsp3) is 0.688. The molecule has 0 radical (unpaired) electrons. The molecule has 1 N–H and O–H groups in total. The molecule has 7 heteroatoms. The number of amides is 1. The van der Waals surface area contributed by atoms with Crippen LogP contribution in [0.25, 0.3) is 0 Å². The predicted octanol–water partition coefficient (Wildman–Crippen LogP) is 1.91. The van der Waals surface area contributed by atoms with Crippen molar-refractivity contribution in [3.05, 3.63) is 23.0 Å². The number of nitrogens with one attached hydrogen (secondary N) is 1. The zero-order valence-corrected chi connectivity index (χ0v) is 15.1. The van der Waals surface area contributed by atoms with Gasteiger partial charge in [0, 0.05) is 37.6 Å². The maximum atomic E-state index is 12.7. The lowest BCUT2D eigenvalue weighted by Crippen LogP contribution is -2.38. The van der Waals surface area contributed by atoms with Gasteiger partial charge in [0.2, 0.25) is 10.0 Å². The van der Waals surface area contributed by atoms with Crippen LogP contribution in [0.2, 0.25) is 0 Å². The van der Waals surface area contributed by atoms with E-state index in [1.807, 2.05) is 26.8 Å². The number of hydrogen-bond donors (Lipinski definition) is 1. The molecule has 1 saturated heterocycles. The van der Waals surface area contributed by atoms with Crippen LogP contribution < -0.4 is 0 Å². The quantitative estimate of drug-likeness (QED) is 0.889. The number of aryl methyl sites for hydroxylation is 2. The van der Waals surface area contributed by atoms with E-state index in [2.05, 4.69) is 4.98 Å². The lowest BCUT2D eigenvalue weighted by molar-refractivity contribution is 0.0763. The summed E-state index contributed by atoms with van der Waals surface area (Å²) >= 11 is 0. The molecule has 0 unspecified atom stereocenters. The van der Waals surface area contributed by atoms with Crippen LogP contribution in [0, 0.1) is 13.8 Å². The largest absolute Gasteiger partial charge is 0.362 e. The summed E-state index contributed by atoms with van der Waals surface area (Å²) in [6.07, 6.45) is 2.23. The fourth-order valence-corrected chi connectivity index (χ4v) is 4.63. The Bertz CT molecular complexity index is 652. The molecular weight excluding hydrogens is 314 g/mol. The molecule has 6 nitrogen and oxygen atoms in total. The highest BCUT2D eigenvalue weighted by molar-refractivity contribution is 7.89. The summed E-state index contributed by atoms with van der Waals surface area (Å²) < 4.78 is 26.2. The summed E-state index contributed by atoms with van der Waals surface area (Å²) in [4.78, 5) is 17.6. The van der Waals surface area contributed by atoms with Crippen molar-refractivity contribution in [1.82, 2.24) is 14.2 Å². The number of carbonyl (C=O) groups is 1. The molecule has 1 aliphatic heterocycles. The van der Waals surface area contributed by atoms with Gasteiger partial charge in [0.15, 0.2) is 0 Å². The number of sulfonamides is 1. The van der Waals surface area contributed by atoms with Crippen molar-refractivity contribution in [2.75, 3.05) is 31.9 Å². The first kappa shape index (κ1) is 18.0. The van der Waals surface area contributed by atoms with Gasteiger partial charge in [-0.15, -0.1) is 0 Å². The SMILES string of the molecule is CCCCS(=O)(=O)N1CCCN(C(=O)c2cc(C)[nH]c2C)CC1. The second kappa shape index (κ2) is 7.49. The van der Waals surface area contributed by atoms with Gasteiger partial charge in [-0.3, -0.25) is 4.79 Å². The number of aromatic amines is 1. The van der Waals surface area contributed by atoms with Crippen molar-refractivity contribution in [2.24, 2.45) is 0 Å². The number of unbranched alkanes of at least 4 members (excludes halogenated alkanes) is 1. The summed E-state index contributed by atoms with van der Waals surface area (Å²) in [5.74, 6) is 0.188. The third-order valence-electron chi connectivity index (χ3n) is 4.27. The highest BCUT2D eigenvalue weighted by atomic mass is 32.2. The molecule has 0 bridgehead atoms. The Kier molecular flexibility index (Phi) is 5.86. The number of nitrogens with zero attached hydrogens (tertiary/aromatic N) is 2. The Hall–Kier alpha value is -1.34. The summed E-state index contributed by atoms with van der Waals surface area (Å²) in [5.41, 5.74) is 2.51. The predicted molar refractivity (Wildman–Crippen MR) is 91.1 cm³/mol. The zero-order chi connectivity index (χ0) is 17.0. The third-order valence-corrected chi connectivity index (χ3v) is 6.23. The van der Waals surface area contributed by atoms with Gasteiger partial charge < -0.3 is 9.88 Å². The molecular formula is C16H27N3O3S. The monoisotopic (exact) mass is 341 g/mol. The minimum absolute atomic E-state index is 0.0142. The van der Waals surface area contributed by atoms with E-state index < -0.39 is 10.0 Å². The summed E-state index contributed by atoms with van der Waals surface area (Å²) in [5, 5.41) is 0. The van der Waals surface area contributed by atoms with Crippen molar-refractivity contribution < 1.29 is 13.2 Å². The summed E-state index contributed by atoms with van der Waals surface area (Å²) in [6.45, 7) is 7.74. The normalized spacial score (nSPS) is 17.3. The summed E-state index contributed by atoms with van der Waals surface area (Å²) in [7, 11) is -3.20. The molecule has 1 fully saturated rings. The first-order chi connectivity index (χ1) is 10.8. The van der Waals surface area contributed by atoms with Crippen LogP contribution in [0.1, 0.15) is 47.9 Å². The molecule has 0 atom stereocenters. The van der Waals surface area contributed by atoms with Gasteiger partial charge in [-0.2, -0.15) is 0 Å². The molecule has 1 aromatic heterocycles. The average Bonchev–Trinajstić information content (AvgIpc) is 2.71. The Balaban J connectivity index is 2.04. The van der Waals surface area contributed by atoms with Crippen molar-refractivity contribution in [3.63, 3.8) is 0 Å². The first-order valence-electron chi connectivity index (χ1n) is 8.28. The number of carbonyl (C=O) groups excluding carboxylic acids is 1. The molecule has 23 heavy (non-hydrogen) atoms. The van der Waals surface area contributed by atoms with Crippen LogP contribution in [-0.4, -0.2) is 60.4 Å². The number of H-pyrrole nitrogens is 1. The molecule has 1 aromatic rings. The Labute approximate surface area is 138 Å². The van der Waals surface area contributed by atoms with Crippen molar-refractivity contribution in [1.29, 1.82) is 0 Å². The molecule has 130 valence electrons. The van der Waals surface area contributed by atoms with E-state index in [-0.39, 0.29) is 11.7 Å². The van der Waals surface area contributed by atoms with Gasteiger partial charge in [-0.1, -0.05) is 13.3 Å². The van der Waals surface area contributed by atoms with E-state index >= 15 is 0 Å². The topological polar surface area (TPSA) is 73.5 Å². The zero-order valence-electron chi connectivity index (χ0n) is 14.3. The maximum absolute atomic E-state index is 12.7. The van der Waals surface area contributed by atoms with Gasteiger partial charge in [0.25, 0.3) is 5.91 Å². The van der Waals surface area contributed by atoms with E-state index in [0.29, 0.717) is 44.6 Å². The van der Waals surface area contributed by atoms with Gasteiger partial charge in [-0.05, 0) is 32.8 Å². The van der Waals surface area contributed by atoms with E-state index in [1.165, 1.54) is 0 Å². The van der Waals surface area contributed by atoms with Crippen molar-refractivity contribution in [3.8, 4) is 0 Å². The van der Waals surface area contributed by atoms with Crippen LogP contribution in [0.3, 0.4) is 0 Å². The van der Waals surface area contributed by atoms with Gasteiger partial charge >= 0.3 is 0 Å². The second-order valence-corrected chi connectivity index (χ2v) is 8.29. The number of rotatable bonds is 5. The lowest BCUT2D eigenvalue weighted by atomic mass is 10.2. The number of hydrogen-bond acceptors (Lipinski definition) is 3. The molecule has 0 aromatic carbocycles. The second-order valence-electron chi connectivity index (χ2n) is 6.21. The standard InChI is InChI=1S/C16H27N3O3S/c1-4-5-11-23(21,22)19-8-6-7-18(9-10-19)16(20)15-12-13(2)17-14(15)3/h12,17H,4-11H2,1-3H3. The molecule has 0 aliphatic carbocycles. The summed E-state index contributed by atoms with van der Waals surface area (Å²) in [6, 6.07) is 1.86. The van der Waals surface area contributed by atoms with Crippen LogP contribution in [0.5, 0.6) is 0 Å². The average molecular weight is 341 g/mol. The lowest BCUT2D eigenvalue weighted by Gasteiger charge is -2.22. The van der Waals surface area contributed by atoms with E-state index in [4.69, 9.17) is 0 Å². The minimum Gasteiger partial charge on any atom is -0.362 e. The number of aromatic nitrogens is 1. The van der Waals surface area contributed by atoms with Gasteiger partial charge in [0.1, 0.15) is 0 Å². The van der Waals surface area contributed by atoms with E-state index in [1.54, 1.807) is 9.21 Å². The maximum Gasteiger partial charge on any atom is 0.255 e. The van der Waals surface area contributed by atoms with Crippen LogP contribution in [-0.2, 0) is 10.0 Å². The Morgan fingerprint density at radius 1 is 1.22 bits per heavy atom. The van der Waals surface area contributed by atoms with Crippen LogP contribution in [0.4, 0.5) is 0 Å². The molecule has 1 aliphatic rings. The van der Waals surface area contributed by atoms with Gasteiger partial charge in [-0.25, -0.2) is 12.7 Å². The third kappa shape index (κ3) is 4.35. The molecule has 0 saturated carbocycles. The highest BCUT2D eigenvalue weighted by Crippen LogP contribution is 2.16.